The molecule has 2 heterocycles. The molecule has 1 atom stereocenters. The topological polar surface area (TPSA) is 67.2 Å². The van der Waals surface area contributed by atoms with E-state index < -0.39 is 23.2 Å². The van der Waals surface area contributed by atoms with Gasteiger partial charge in [0.05, 0.1) is 11.9 Å². The second-order valence-electron chi connectivity index (χ2n) is 7.00. The Bertz CT molecular complexity index is 1180. The molecule has 1 amide bonds. The average Bonchev–Trinajstić information content (AvgIpc) is 3.07. The van der Waals surface area contributed by atoms with E-state index in [1.807, 2.05) is 31.2 Å². The number of rotatable bonds is 4. The number of amides is 1. The van der Waals surface area contributed by atoms with E-state index in [0.717, 1.165) is 28.1 Å². The van der Waals surface area contributed by atoms with Crippen molar-refractivity contribution in [1.29, 1.82) is 0 Å². The van der Waals surface area contributed by atoms with Crippen LogP contribution < -0.4 is 15.8 Å². The summed E-state index contributed by atoms with van der Waals surface area (Å²) in [5, 5.41) is 6.64. The molecule has 154 valence electrons. The molecule has 9 heteroatoms. The van der Waals surface area contributed by atoms with E-state index in [1.54, 1.807) is 4.90 Å². The lowest BCUT2D eigenvalue weighted by Gasteiger charge is -2.18. The maximum atomic E-state index is 14.0. The van der Waals surface area contributed by atoms with Gasteiger partial charge in [-0.2, -0.15) is 9.78 Å². The molecule has 1 saturated heterocycles. The molecule has 0 radical (unpaired) electrons. The SMILES string of the molecule is Cc1ccc(N2CCC(Nc3cnn(-c4ccc(F)cc4F)c(=O)c3Cl)C2=O)cc1. The number of carbonyl (C=O) groups is 1. The highest BCUT2D eigenvalue weighted by Crippen LogP contribution is 2.26. The standard InChI is InChI=1S/C21H17ClF2N4O2/c1-12-2-5-14(6-3-12)27-9-8-16(20(27)29)26-17-11-25-28(21(30)19(17)22)18-7-4-13(23)10-15(18)24/h2-7,10-11,16,26H,8-9H2,1H3. The minimum Gasteiger partial charge on any atom is -0.371 e. The van der Waals surface area contributed by atoms with Gasteiger partial charge in [0, 0.05) is 18.3 Å². The number of aryl methyl sites for hydroxylation is 1. The predicted molar refractivity (Wildman–Crippen MR) is 110 cm³/mol. The third-order valence-electron chi connectivity index (χ3n) is 4.94. The van der Waals surface area contributed by atoms with Crippen molar-refractivity contribution < 1.29 is 13.6 Å². The number of anilines is 2. The minimum absolute atomic E-state index is 0.149. The summed E-state index contributed by atoms with van der Waals surface area (Å²) in [5.74, 6) is -1.86. The van der Waals surface area contributed by atoms with E-state index in [0.29, 0.717) is 19.0 Å². The van der Waals surface area contributed by atoms with Crippen molar-refractivity contribution in [3.05, 3.63) is 81.2 Å². The van der Waals surface area contributed by atoms with E-state index in [2.05, 4.69) is 10.4 Å². The van der Waals surface area contributed by atoms with E-state index in [4.69, 9.17) is 11.6 Å². The second-order valence-corrected chi connectivity index (χ2v) is 7.37. The molecule has 1 aliphatic rings. The number of aromatic nitrogens is 2. The lowest BCUT2D eigenvalue weighted by molar-refractivity contribution is -0.117. The lowest BCUT2D eigenvalue weighted by atomic mass is 10.2. The Morgan fingerprint density at radius 3 is 2.57 bits per heavy atom. The molecule has 1 N–H and O–H groups in total. The van der Waals surface area contributed by atoms with Crippen LogP contribution in [0.15, 0.2) is 53.5 Å². The first-order chi connectivity index (χ1) is 14.3. The molecule has 1 fully saturated rings. The predicted octanol–water partition coefficient (Wildman–Crippen LogP) is 3.69. The van der Waals surface area contributed by atoms with Crippen LogP contribution in [0.25, 0.3) is 5.69 Å². The van der Waals surface area contributed by atoms with Crippen molar-refractivity contribution in [2.45, 2.75) is 19.4 Å². The molecule has 0 saturated carbocycles. The summed E-state index contributed by atoms with van der Waals surface area (Å²) in [6, 6.07) is 9.80. The molecule has 0 spiro atoms. The van der Waals surface area contributed by atoms with Gasteiger partial charge in [0.25, 0.3) is 5.56 Å². The van der Waals surface area contributed by atoms with Crippen LogP contribution in [0.2, 0.25) is 5.02 Å². The van der Waals surface area contributed by atoms with E-state index in [1.165, 1.54) is 6.20 Å². The van der Waals surface area contributed by atoms with Crippen LogP contribution in [0.5, 0.6) is 0 Å². The first-order valence-corrected chi connectivity index (χ1v) is 9.61. The molecule has 3 aromatic rings. The summed E-state index contributed by atoms with van der Waals surface area (Å²) in [7, 11) is 0. The van der Waals surface area contributed by atoms with Crippen LogP contribution in [0.4, 0.5) is 20.2 Å². The van der Waals surface area contributed by atoms with E-state index >= 15 is 0 Å². The maximum Gasteiger partial charge on any atom is 0.292 e. The molecular weight excluding hydrogens is 414 g/mol. The summed E-state index contributed by atoms with van der Waals surface area (Å²) in [6.45, 7) is 2.48. The smallest absolute Gasteiger partial charge is 0.292 e. The van der Waals surface area contributed by atoms with Crippen molar-refractivity contribution in [3.8, 4) is 5.69 Å². The Morgan fingerprint density at radius 2 is 1.87 bits per heavy atom. The van der Waals surface area contributed by atoms with Crippen LogP contribution in [0, 0.1) is 18.6 Å². The number of hydrogen-bond acceptors (Lipinski definition) is 4. The number of halogens is 3. The van der Waals surface area contributed by atoms with Gasteiger partial charge in [0.15, 0.2) is 5.82 Å². The number of nitrogens with zero attached hydrogens (tertiary/aromatic N) is 3. The molecule has 2 aromatic carbocycles. The Labute approximate surface area is 175 Å². The highest BCUT2D eigenvalue weighted by atomic mass is 35.5. The second kappa shape index (κ2) is 7.87. The number of hydrogen-bond donors (Lipinski definition) is 1. The molecular formula is C21H17ClF2N4O2. The summed E-state index contributed by atoms with van der Waals surface area (Å²) in [5.41, 5.74) is 1.05. The third kappa shape index (κ3) is 3.66. The lowest BCUT2D eigenvalue weighted by Crippen LogP contribution is -2.34. The van der Waals surface area contributed by atoms with Crippen LogP contribution in [-0.4, -0.2) is 28.3 Å². The van der Waals surface area contributed by atoms with E-state index in [9.17, 15) is 18.4 Å². The molecule has 6 nitrogen and oxygen atoms in total. The Balaban J connectivity index is 1.57. The van der Waals surface area contributed by atoms with Gasteiger partial charge < -0.3 is 10.2 Å². The number of benzene rings is 2. The van der Waals surface area contributed by atoms with Crippen LogP contribution in [-0.2, 0) is 4.79 Å². The van der Waals surface area contributed by atoms with Crippen LogP contribution in [0.3, 0.4) is 0 Å². The molecule has 4 rings (SSSR count). The Hall–Kier alpha value is -3.26. The zero-order valence-corrected chi connectivity index (χ0v) is 16.7. The van der Waals surface area contributed by atoms with Gasteiger partial charge in [-0.25, -0.2) is 8.78 Å². The summed E-state index contributed by atoms with van der Waals surface area (Å²) in [4.78, 5) is 27.0. The zero-order valence-electron chi connectivity index (χ0n) is 15.9. The highest BCUT2D eigenvalue weighted by Gasteiger charge is 2.33. The fraction of sp³-hybridized carbons (Fsp3) is 0.190. The van der Waals surface area contributed by atoms with Crippen molar-refractivity contribution in [1.82, 2.24) is 9.78 Å². The van der Waals surface area contributed by atoms with Gasteiger partial charge >= 0.3 is 0 Å². The van der Waals surface area contributed by atoms with Gasteiger partial charge in [-0.1, -0.05) is 29.3 Å². The quantitative estimate of drug-likeness (QED) is 0.685. The molecule has 1 aliphatic heterocycles. The van der Waals surface area contributed by atoms with Gasteiger partial charge in [0.2, 0.25) is 5.91 Å². The van der Waals surface area contributed by atoms with Gasteiger partial charge in [-0.05, 0) is 37.6 Å². The van der Waals surface area contributed by atoms with Gasteiger partial charge in [-0.3, -0.25) is 9.59 Å². The third-order valence-corrected chi connectivity index (χ3v) is 5.30. The Morgan fingerprint density at radius 1 is 1.13 bits per heavy atom. The maximum absolute atomic E-state index is 14.0. The largest absolute Gasteiger partial charge is 0.371 e. The fourth-order valence-corrected chi connectivity index (χ4v) is 3.52. The fourth-order valence-electron chi connectivity index (χ4n) is 3.34. The zero-order chi connectivity index (χ0) is 21.4. The molecule has 1 aromatic heterocycles. The van der Waals surface area contributed by atoms with E-state index in [-0.39, 0.29) is 22.3 Å². The summed E-state index contributed by atoms with van der Waals surface area (Å²) >= 11 is 6.17. The van der Waals surface area contributed by atoms with Crippen molar-refractivity contribution in [2.24, 2.45) is 0 Å². The average molecular weight is 431 g/mol. The van der Waals surface area contributed by atoms with Gasteiger partial charge in [-0.15, -0.1) is 0 Å². The molecule has 0 bridgehead atoms. The van der Waals surface area contributed by atoms with Crippen LogP contribution in [0.1, 0.15) is 12.0 Å². The number of nitrogens with one attached hydrogen (secondary N) is 1. The Kier molecular flexibility index (Phi) is 5.26. The normalized spacial score (nSPS) is 16.2. The molecule has 30 heavy (non-hydrogen) atoms. The molecule has 1 unspecified atom stereocenters. The van der Waals surface area contributed by atoms with Crippen molar-refractivity contribution >= 4 is 28.9 Å². The van der Waals surface area contributed by atoms with Gasteiger partial charge in [0.1, 0.15) is 22.6 Å². The highest BCUT2D eigenvalue weighted by molar-refractivity contribution is 6.33. The van der Waals surface area contributed by atoms with Crippen molar-refractivity contribution in [3.63, 3.8) is 0 Å². The first kappa shape index (κ1) is 20.0. The molecule has 0 aliphatic carbocycles. The number of carbonyl (C=O) groups excluding carboxylic acids is 1. The first-order valence-electron chi connectivity index (χ1n) is 9.23. The van der Waals surface area contributed by atoms with Crippen molar-refractivity contribution in [2.75, 3.05) is 16.8 Å². The van der Waals surface area contributed by atoms with Crippen LogP contribution >= 0.6 is 11.6 Å². The summed E-state index contributed by atoms with van der Waals surface area (Å²) < 4.78 is 27.9. The monoisotopic (exact) mass is 430 g/mol. The minimum atomic E-state index is -0.943. The summed E-state index contributed by atoms with van der Waals surface area (Å²) in [6.07, 6.45) is 1.76.